The van der Waals surface area contributed by atoms with Gasteiger partial charge in [0.15, 0.2) is 0 Å². The summed E-state index contributed by atoms with van der Waals surface area (Å²) in [6.07, 6.45) is 18.2. The highest BCUT2D eigenvalue weighted by Gasteiger charge is 2.33. The molecule has 284 valence electrons. The van der Waals surface area contributed by atoms with Crippen molar-refractivity contribution in [3.8, 4) is 27.9 Å². The van der Waals surface area contributed by atoms with Crippen molar-refractivity contribution in [3.05, 3.63) is 185 Å². The number of fused-ring (bicyclic) bond motifs is 8. The number of para-hydroxylation sites is 1. The molecule has 2 aliphatic rings. The summed E-state index contributed by atoms with van der Waals surface area (Å²) in [4.78, 5) is 0. The van der Waals surface area contributed by atoms with E-state index in [0.717, 1.165) is 37.8 Å². The lowest BCUT2D eigenvalue weighted by atomic mass is 9.74. The molecule has 8 aromatic rings. The first-order chi connectivity index (χ1) is 28.4. The molecule has 0 aliphatic heterocycles. The van der Waals surface area contributed by atoms with Crippen molar-refractivity contribution in [2.24, 2.45) is 0 Å². The maximum absolute atomic E-state index is 4.16. The number of rotatable bonds is 8. The first-order valence-corrected chi connectivity index (χ1v) is 21.1. The van der Waals surface area contributed by atoms with Gasteiger partial charge in [0.1, 0.15) is 0 Å². The van der Waals surface area contributed by atoms with Gasteiger partial charge in [-0.15, -0.1) is 0 Å². The van der Waals surface area contributed by atoms with Crippen LogP contribution in [0.4, 0.5) is 0 Å². The molecular weight excluding hydrogens is 701 g/mol. The Hall–Kier alpha value is -6.38. The maximum atomic E-state index is 4.16. The molecule has 2 aromatic heterocycles. The van der Waals surface area contributed by atoms with Crippen LogP contribution in [-0.2, 0) is 25.7 Å². The quantitative estimate of drug-likeness (QED) is 0.137. The van der Waals surface area contributed by atoms with E-state index in [1.807, 2.05) is 6.08 Å². The molecule has 0 amide bonds. The molecule has 0 atom stereocenters. The van der Waals surface area contributed by atoms with Crippen LogP contribution in [0.25, 0.3) is 82.8 Å². The van der Waals surface area contributed by atoms with Crippen LogP contribution in [0.3, 0.4) is 0 Å². The summed E-state index contributed by atoms with van der Waals surface area (Å²) in [7, 11) is 0. The Morgan fingerprint density at radius 1 is 0.690 bits per heavy atom. The average Bonchev–Trinajstić information content (AvgIpc) is 3.76. The fourth-order valence-electron chi connectivity index (χ4n) is 10.2. The lowest BCUT2D eigenvalue weighted by Gasteiger charge is -2.31. The summed E-state index contributed by atoms with van der Waals surface area (Å²) in [5.41, 5.74) is 24.2. The molecule has 58 heavy (non-hydrogen) atoms. The number of aromatic nitrogens is 2. The Morgan fingerprint density at radius 2 is 1.38 bits per heavy atom. The van der Waals surface area contributed by atoms with Gasteiger partial charge in [-0.1, -0.05) is 104 Å². The van der Waals surface area contributed by atoms with Gasteiger partial charge in [-0.05, 0) is 176 Å². The van der Waals surface area contributed by atoms with E-state index in [9.17, 15) is 0 Å². The SMILES string of the molecule is C=C/C=C(\C=C/C)n1c2ccc(C(/C=C(/C)CC)=C/C)cc2c2cc3c4c(c21)CCc1c-4c(cc2c4cc(-c5cccc(C)c5)ccc4n(-c4ccccc4)c12)CC3. The normalized spacial score (nSPS) is 14.4. The number of benzene rings is 6. The van der Waals surface area contributed by atoms with Crippen LogP contribution < -0.4 is 0 Å². The van der Waals surface area contributed by atoms with E-state index in [-0.39, 0.29) is 0 Å². The molecule has 0 unspecified atom stereocenters. The van der Waals surface area contributed by atoms with Gasteiger partial charge in [-0.25, -0.2) is 0 Å². The van der Waals surface area contributed by atoms with Gasteiger partial charge < -0.3 is 9.13 Å². The minimum Gasteiger partial charge on any atom is -0.309 e. The highest BCUT2D eigenvalue weighted by atomic mass is 15.0. The fraction of sp³-hybridized carbons (Fsp3) is 0.179. The van der Waals surface area contributed by atoms with Crippen molar-refractivity contribution < 1.29 is 0 Å². The Balaban J connectivity index is 1.29. The monoisotopic (exact) mass is 750 g/mol. The molecule has 0 N–H and O–H groups in total. The summed E-state index contributed by atoms with van der Waals surface area (Å²) in [5.74, 6) is 0. The van der Waals surface area contributed by atoms with E-state index >= 15 is 0 Å². The summed E-state index contributed by atoms with van der Waals surface area (Å²) < 4.78 is 5.08. The first kappa shape index (κ1) is 36.0. The van der Waals surface area contributed by atoms with E-state index in [1.165, 1.54) is 116 Å². The van der Waals surface area contributed by atoms with Crippen LogP contribution in [0.2, 0.25) is 0 Å². The lowest BCUT2D eigenvalue weighted by molar-refractivity contribution is 0.884. The third-order valence-electron chi connectivity index (χ3n) is 12.9. The molecule has 0 radical (unpaired) electrons. The van der Waals surface area contributed by atoms with Gasteiger partial charge in [0.25, 0.3) is 0 Å². The predicted octanol–water partition coefficient (Wildman–Crippen LogP) is 15.1. The standard InChI is InChI=1S/C56H50N2/c1-7-15-43(16-8-2)57-51-27-23-39(37(10-4)29-35(5)9-3)31-47(51)49-33-41-21-22-42-34-50-48-32-40(38-18-14-17-36(6)30-38)24-28-52(48)58(44-19-12-11-13-20-44)56(50)46-26-25-45(55(49)57)53(41)54(42)46/h7-8,10-20,23-24,27-34H,1,9,21-22,25-26H2,2-6H3/b16-8-,35-29-,37-10+,43-15+. The number of hydrogen-bond acceptors (Lipinski definition) is 0. The largest absolute Gasteiger partial charge is 0.309 e. The van der Waals surface area contributed by atoms with Crippen LogP contribution in [0, 0.1) is 6.92 Å². The van der Waals surface area contributed by atoms with Gasteiger partial charge in [0.05, 0.1) is 22.1 Å². The molecule has 10 rings (SSSR count). The van der Waals surface area contributed by atoms with Crippen molar-refractivity contribution in [2.45, 2.75) is 66.7 Å². The van der Waals surface area contributed by atoms with Crippen molar-refractivity contribution in [3.63, 3.8) is 0 Å². The van der Waals surface area contributed by atoms with Crippen molar-refractivity contribution in [1.29, 1.82) is 0 Å². The molecule has 2 heterocycles. The minimum atomic E-state index is 0.981. The van der Waals surface area contributed by atoms with Gasteiger partial charge in [0.2, 0.25) is 0 Å². The van der Waals surface area contributed by atoms with Gasteiger partial charge >= 0.3 is 0 Å². The smallest absolute Gasteiger partial charge is 0.0579 e. The average molecular weight is 751 g/mol. The van der Waals surface area contributed by atoms with Crippen molar-refractivity contribution in [2.75, 3.05) is 0 Å². The van der Waals surface area contributed by atoms with Gasteiger partial charge in [-0.3, -0.25) is 0 Å². The summed E-state index contributed by atoms with van der Waals surface area (Å²) >= 11 is 0. The lowest BCUT2D eigenvalue weighted by Crippen LogP contribution is -2.16. The molecule has 0 bridgehead atoms. The van der Waals surface area contributed by atoms with Gasteiger partial charge in [0, 0.05) is 32.9 Å². The second-order valence-corrected chi connectivity index (χ2v) is 16.3. The third kappa shape index (κ3) is 5.53. The Labute approximate surface area is 342 Å². The number of allylic oxidation sites excluding steroid dienone is 9. The summed E-state index contributed by atoms with van der Waals surface area (Å²) in [6.45, 7) is 15.1. The molecule has 2 nitrogen and oxygen atoms in total. The Bertz CT molecular complexity index is 3130. The highest BCUT2D eigenvalue weighted by Crippen LogP contribution is 2.51. The van der Waals surface area contributed by atoms with Crippen LogP contribution in [0.15, 0.2) is 152 Å². The first-order valence-electron chi connectivity index (χ1n) is 21.1. The number of aryl methyl sites for hydroxylation is 5. The molecule has 0 fully saturated rings. The predicted molar refractivity (Wildman–Crippen MR) is 251 cm³/mol. The van der Waals surface area contributed by atoms with Crippen LogP contribution >= 0.6 is 0 Å². The Morgan fingerprint density at radius 3 is 2.07 bits per heavy atom. The second kappa shape index (κ2) is 14.2. The number of nitrogens with zero attached hydrogens (tertiary/aromatic N) is 2. The third-order valence-corrected chi connectivity index (χ3v) is 12.9. The van der Waals surface area contributed by atoms with E-state index in [4.69, 9.17) is 0 Å². The van der Waals surface area contributed by atoms with Crippen molar-refractivity contribution >= 4 is 54.9 Å². The van der Waals surface area contributed by atoms with E-state index in [2.05, 4.69) is 184 Å². The fourth-order valence-corrected chi connectivity index (χ4v) is 10.2. The molecule has 2 heteroatoms. The topological polar surface area (TPSA) is 9.86 Å². The Kier molecular flexibility index (Phi) is 8.82. The number of hydrogen-bond donors (Lipinski definition) is 0. The molecule has 0 saturated heterocycles. The summed E-state index contributed by atoms with van der Waals surface area (Å²) in [6, 6.07) is 39.3. The zero-order chi connectivity index (χ0) is 39.7. The molecule has 2 aliphatic carbocycles. The maximum Gasteiger partial charge on any atom is 0.0579 e. The zero-order valence-corrected chi connectivity index (χ0v) is 34.4. The van der Waals surface area contributed by atoms with E-state index < -0.39 is 0 Å². The van der Waals surface area contributed by atoms with Crippen LogP contribution in [-0.4, -0.2) is 9.13 Å². The molecular formula is C56H50N2. The van der Waals surface area contributed by atoms with Crippen LogP contribution in [0.5, 0.6) is 0 Å². The molecule has 6 aromatic carbocycles. The second-order valence-electron chi connectivity index (χ2n) is 16.3. The minimum absolute atomic E-state index is 0.981. The zero-order valence-electron chi connectivity index (χ0n) is 34.4. The van der Waals surface area contributed by atoms with E-state index in [1.54, 1.807) is 0 Å². The molecule has 0 spiro atoms. The van der Waals surface area contributed by atoms with Gasteiger partial charge in [-0.2, -0.15) is 0 Å². The molecule has 0 saturated carbocycles. The summed E-state index contributed by atoms with van der Waals surface area (Å²) in [5, 5.41) is 5.36. The highest BCUT2D eigenvalue weighted by molar-refractivity contribution is 6.17. The van der Waals surface area contributed by atoms with Crippen LogP contribution in [0.1, 0.15) is 67.5 Å². The van der Waals surface area contributed by atoms with E-state index in [0.29, 0.717) is 0 Å². The van der Waals surface area contributed by atoms with Crippen molar-refractivity contribution in [1.82, 2.24) is 9.13 Å².